The molecular weight excluding hydrogens is 406 g/mol. The van der Waals surface area contributed by atoms with Crippen molar-refractivity contribution in [2.75, 3.05) is 16.3 Å². The highest BCUT2D eigenvalue weighted by Gasteiger charge is 2.40. The number of para-hydroxylation sites is 1. The van der Waals surface area contributed by atoms with Gasteiger partial charge in [-0.05, 0) is 46.2 Å². The van der Waals surface area contributed by atoms with Crippen LogP contribution in [0, 0.1) is 6.92 Å². The maximum atomic E-state index is 13.6. The van der Waals surface area contributed by atoms with Gasteiger partial charge in [0.05, 0.1) is 24.7 Å². The van der Waals surface area contributed by atoms with Crippen LogP contribution in [0.3, 0.4) is 0 Å². The molecule has 0 aliphatic carbocycles. The Balaban J connectivity index is 1.70. The van der Waals surface area contributed by atoms with E-state index in [-0.39, 0.29) is 18.4 Å². The molecule has 1 aliphatic heterocycles. The van der Waals surface area contributed by atoms with Gasteiger partial charge in [0.15, 0.2) is 5.82 Å². The third-order valence-electron chi connectivity index (χ3n) is 5.75. The summed E-state index contributed by atoms with van der Waals surface area (Å²) in [5.74, 6) is 0.597. The predicted molar refractivity (Wildman–Crippen MR) is 125 cm³/mol. The van der Waals surface area contributed by atoms with Crippen LogP contribution in [0.2, 0.25) is 0 Å². The van der Waals surface area contributed by atoms with Crippen LogP contribution in [0.25, 0.3) is 10.9 Å². The van der Waals surface area contributed by atoms with Crippen LogP contribution in [0.4, 0.5) is 16.3 Å². The van der Waals surface area contributed by atoms with Crippen LogP contribution in [0.15, 0.2) is 30.5 Å². The summed E-state index contributed by atoms with van der Waals surface area (Å²) in [6.45, 7) is 9.67. The smallest absolute Gasteiger partial charge is 0.415 e. The molecule has 2 aromatic heterocycles. The summed E-state index contributed by atoms with van der Waals surface area (Å²) in [7, 11) is 3.79. The monoisotopic (exact) mass is 437 g/mol. The number of carbonyl (C=O) groups is 2. The van der Waals surface area contributed by atoms with Crippen LogP contribution in [0.5, 0.6) is 0 Å². The SMILES string of the molecule is Cc1nn(C)c2c1N(C(=O)OC(C)(C)C)C[C@H](C)N2C(=O)Cc1cn(C)c2ccccc12. The van der Waals surface area contributed by atoms with E-state index in [4.69, 9.17) is 4.74 Å². The minimum Gasteiger partial charge on any atom is -0.443 e. The van der Waals surface area contributed by atoms with Crippen molar-refractivity contribution in [1.82, 2.24) is 14.3 Å². The number of ether oxygens (including phenoxy) is 1. The summed E-state index contributed by atoms with van der Waals surface area (Å²) in [6, 6.07) is 7.85. The van der Waals surface area contributed by atoms with Gasteiger partial charge in [-0.3, -0.25) is 19.3 Å². The molecule has 8 nitrogen and oxygen atoms in total. The Morgan fingerprint density at radius 2 is 1.88 bits per heavy atom. The first-order valence-electron chi connectivity index (χ1n) is 10.9. The third-order valence-corrected chi connectivity index (χ3v) is 5.75. The number of hydrogen-bond donors (Lipinski definition) is 0. The Bertz CT molecular complexity index is 1200. The van der Waals surface area contributed by atoms with E-state index >= 15 is 0 Å². The molecule has 0 N–H and O–H groups in total. The second kappa shape index (κ2) is 7.69. The van der Waals surface area contributed by atoms with E-state index in [2.05, 4.69) is 5.10 Å². The molecular formula is C24H31N5O3. The molecule has 32 heavy (non-hydrogen) atoms. The number of rotatable bonds is 2. The summed E-state index contributed by atoms with van der Waals surface area (Å²) in [6.07, 6.45) is 1.85. The van der Waals surface area contributed by atoms with Gasteiger partial charge in [-0.15, -0.1) is 0 Å². The summed E-state index contributed by atoms with van der Waals surface area (Å²) in [4.78, 5) is 29.9. The van der Waals surface area contributed by atoms with Gasteiger partial charge in [0, 0.05) is 31.2 Å². The normalized spacial score (nSPS) is 16.4. The van der Waals surface area contributed by atoms with E-state index in [0.29, 0.717) is 23.7 Å². The molecule has 0 bridgehead atoms. The summed E-state index contributed by atoms with van der Waals surface area (Å²) < 4.78 is 9.36. The van der Waals surface area contributed by atoms with E-state index in [1.54, 1.807) is 21.5 Å². The number of fused-ring (bicyclic) bond motifs is 2. The number of benzene rings is 1. The molecule has 3 aromatic rings. The molecule has 1 atom stereocenters. The minimum atomic E-state index is -0.613. The van der Waals surface area contributed by atoms with E-state index in [1.165, 1.54) is 0 Å². The zero-order valence-corrected chi connectivity index (χ0v) is 19.8. The number of carbonyl (C=O) groups excluding carboxylic acids is 2. The van der Waals surface area contributed by atoms with Crippen molar-refractivity contribution in [3.8, 4) is 0 Å². The average Bonchev–Trinajstić information content (AvgIpc) is 3.16. The molecule has 8 heteroatoms. The van der Waals surface area contributed by atoms with Crippen molar-refractivity contribution in [3.63, 3.8) is 0 Å². The molecule has 0 radical (unpaired) electrons. The quantitative estimate of drug-likeness (QED) is 0.609. The molecule has 0 spiro atoms. The van der Waals surface area contributed by atoms with Gasteiger partial charge in [-0.1, -0.05) is 18.2 Å². The number of hydrogen-bond acceptors (Lipinski definition) is 4. The van der Waals surface area contributed by atoms with Crippen LogP contribution in [0.1, 0.15) is 39.0 Å². The average molecular weight is 438 g/mol. The van der Waals surface area contributed by atoms with Crippen LogP contribution < -0.4 is 9.80 Å². The fraction of sp³-hybridized carbons (Fsp3) is 0.458. The molecule has 0 unspecified atom stereocenters. The molecule has 0 fully saturated rings. The lowest BCUT2D eigenvalue weighted by atomic mass is 10.1. The number of aryl methyl sites for hydroxylation is 3. The Labute approximate surface area is 188 Å². The number of amides is 2. The lowest BCUT2D eigenvalue weighted by Gasteiger charge is -2.40. The van der Waals surface area contributed by atoms with Gasteiger partial charge >= 0.3 is 6.09 Å². The molecule has 0 saturated heterocycles. The Hall–Kier alpha value is -3.29. The van der Waals surface area contributed by atoms with Crippen molar-refractivity contribution < 1.29 is 14.3 Å². The third kappa shape index (κ3) is 3.74. The van der Waals surface area contributed by atoms with Crippen LogP contribution in [-0.4, -0.2) is 44.5 Å². The topological polar surface area (TPSA) is 72.6 Å². The largest absolute Gasteiger partial charge is 0.443 e. The van der Waals surface area contributed by atoms with E-state index < -0.39 is 11.7 Å². The van der Waals surface area contributed by atoms with E-state index in [1.807, 2.05) is 76.7 Å². The van der Waals surface area contributed by atoms with E-state index in [9.17, 15) is 9.59 Å². The van der Waals surface area contributed by atoms with Crippen LogP contribution >= 0.6 is 0 Å². The molecule has 1 aromatic carbocycles. The zero-order chi connectivity index (χ0) is 23.4. The first kappa shape index (κ1) is 21.9. The van der Waals surface area contributed by atoms with Crippen molar-refractivity contribution in [3.05, 3.63) is 41.7 Å². The highest BCUT2D eigenvalue weighted by molar-refractivity contribution is 6.04. The standard InChI is InChI=1S/C24H31N5O3/c1-15-13-28(23(31)32-24(3,4)5)21-16(2)25-27(7)22(21)29(15)20(30)12-17-14-26(6)19-11-9-8-10-18(17)19/h8-11,14-15H,12-13H2,1-7H3/t15-/m0/s1. The Morgan fingerprint density at radius 1 is 1.19 bits per heavy atom. The lowest BCUT2D eigenvalue weighted by Crippen LogP contribution is -2.53. The second-order valence-electron chi connectivity index (χ2n) is 9.54. The van der Waals surface area contributed by atoms with Gasteiger partial charge in [0.1, 0.15) is 11.3 Å². The van der Waals surface area contributed by atoms with Crippen molar-refractivity contribution in [2.45, 2.75) is 52.7 Å². The van der Waals surface area contributed by atoms with Crippen molar-refractivity contribution >= 4 is 34.4 Å². The van der Waals surface area contributed by atoms with Gasteiger partial charge in [-0.25, -0.2) is 4.79 Å². The second-order valence-corrected chi connectivity index (χ2v) is 9.54. The molecule has 4 rings (SSSR count). The van der Waals surface area contributed by atoms with Gasteiger partial charge < -0.3 is 9.30 Å². The fourth-order valence-corrected chi connectivity index (χ4v) is 4.53. The highest BCUT2D eigenvalue weighted by Crippen LogP contribution is 2.39. The Morgan fingerprint density at radius 3 is 2.56 bits per heavy atom. The lowest BCUT2D eigenvalue weighted by molar-refractivity contribution is -0.118. The first-order valence-corrected chi connectivity index (χ1v) is 10.9. The maximum Gasteiger partial charge on any atom is 0.415 e. The fourth-order valence-electron chi connectivity index (χ4n) is 4.53. The molecule has 1 aliphatic rings. The van der Waals surface area contributed by atoms with E-state index in [0.717, 1.165) is 16.5 Å². The number of nitrogens with zero attached hydrogens (tertiary/aromatic N) is 5. The molecule has 2 amide bonds. The minimum absolute atomic E-state index is 0.0260. The summed E-state index contributed by atoms with van der Waals surface area (Å²) in [5.41, 5.74) is 2.78. The highest BCUT2D eigenvalue weighted by atomic mass is 16.6. The summed E-state index contributed by atoms with van der Waals surface area (Å²) in [5, 5.41) is 5.59. The Kier molecular flexibility index (Phi) is 5.27. The van der Waals surface area contributed by atoms with Crippen LogP contribution in [-0.2, 0) is 30.0 Å². The predicted octanol–water partition coefficient (Wildman–Crippen LogP) is 3.94. The maximum absolute atomic E-state index is 13.6. The van der Waals surface area contributed by atoms with Crippen molar-refractivity contribution in [2.24, 2.45) is 14.1 Å². The number of aromatic nitrogens is 3. The molecule has 170 valence electrons. The zero-order valence-electron chi connectivity index (χ0n) is 19.8. The first-order chi connectivity index (χ1) is 15.0. The van der Waals surface area contributed by atoms with Gasteiger partial charge in [0.25, 0.3) is 0 Å². The molecule has 0 saturated carbocycles. The molecule has 3 heterocycles. The summed E-state index contributed by atoms with van der Waals surface area (Å²) >= 11 is 0. The van der Waals surface area contributed by atoms with Gasteiger partial charge in [-0.2, -0.15) is 5.10 Å². The van der Waals surface area contributed by atoms with Gasteiger partial charge in [0.2, 0.25) is 5.91 Å². The van der Waals surface area contributed by atoms with Crippen molar-refractivity contribution in [1.29, 1.82) is 0 Å². The number of anilines is 2.